The van der Waals surface area contributed by atoms with Crippen molar-refractivity contribution in [1.82, 2.24) is 4.98 Å². The van der Waals surface area contributed by atoms with Gasteiger partial charge in [-0.3, -0.25) is 0 Å². The van der Waals surface area contributed by atoms with E-state index in [0.29, 0.717) is 0 Å². The molecule has 0 N–H and O–H groups in total. The second kappa shape index (κ2) is 3.71. The van der Waals surface area contributed by atoms with E-state index in [1.807, 2.05) is 24.4 Å². The van der Waals surface area contributed by atoms with E-state index in [9.17, 15) is 0 Å². The van der Waals surface area contributed by atoms with Crippen LogP contribution in [-0.4, -0.2) is 4.98 Å². The SMILES string of the molecule is Cc1ccc(-c2csc(CC3(C#N)CC3)n2)o1. The molecular weight excluding hydrogens is 232 g/mol. The van der Waals surface area contributed by atoms with Gasteiger partial charge < -0.3 is 4.42 Å². The third-order valence-corrected chi connectivity index (χ3v) is 3.97. The van der Waals surface area contributed by atoms with Crippen LogP contribution in [0.1, 0.15) is 23.6 Å². The molecule has 17 heavy (non-hydrogen) atoms. The molecule has 4 heteroatoms. The smallest absolute Gasteiger partial charge is 0.153 e. The standard InChI is InChI=1S/C13H12N2OS/c1-9-2-3-11(16-9)10-7-17-12(15-10)6-13(8-14)4-5-13/h2-3,7H,4-6H2,1H3. The van der Waals surface area contributed by atoms with E-state index >= 15 is 0 Å². The van der Waals surface area contributed by atoms with E-state index in [-0.39, 0.29) is 5.41 Å². The zero-order valence-electron chi connectivity index (χ0n) is 9.56. The number of nitriles is 1. The highest BCUT2D eigenvalue weighted by Gasteiger charge is 2.43. The largest absolute Gasteiger partial charge is 0.460 e. The van der Waals surface area contributed by atoms with Crippen LogP contribution in [0.2, 0.25) is 0 Å². The highest BCUT2D eigenvalue weighted by Crippen LogP contribution is 2.48. The molecule has 1 fully saturated rings. The molecule has 1 saturated carbocycles. The van der Waals surface area contributed by atoms with Crippen LogP contribution in [0.5, 0.6) is 0 Å². The summed E-state index contributed by atoms with van der Waals surface area (Å²) >= 11 is 1.61. The summed E-state index contributed by atoms with van der Waals surface area (Å²) in [5, 5.41) is 12.1. The van der Waals surface area contributed by atoms with Gasteiger partial charge in [0.05, 0.1) is 16.5 Å². The first-order chi connectivity index (χ1) is 8.21. The van der Waals surface area contributed by atoms with Crippen LogP contribution in [0.15, 0.2) is 21.9 Å². The average molecular weight is 244 g/mol. The summed E-state index contributed by atoms with van der Waals surface area (Å²) in [5.74, 6) is 1.71. The molecule has 0 bridgehead atoms. The second-order valence-corrected chi connectivity index (χ2v) is 5.55. The first kappa shape index (κ1) is 10.5. The maximum absolute atomic E-state index is 9.05. The molecule has 0 aromatic carbocycles. The van der Waals surface area contributed by atoms with Gasteiger partial charge in [0.25, 0.3) is 0 Å². The van der Waals surface area contributed by atoms with Crippen molar-refractivity contribution in [2.75, 3.05) is 0 Å². The first-order valence-corrected chi connectivity index (χ1v) is 6.51. The summed E-state index contributed by atoms with van der Waals surface area (Å²) in [6, 6.07) is 6.27. The summed E-state index contributed by atoms with van der Waals surface area (Å²) in [7, 11) is 0. The fraction of sp³-hybridized carbons (Fsp3) is 0.385. The Bertz CT molecular complexity index is 587. The number of hydrogen-bond acceptors (Lipinski definition) is 4. The number of nitrogens with zero attached hydrogens (tertiary/aromatic N) is 2. The van der Waals surface area contributed by atoms with Gasteiger partial charge in [-0.1, -0.05) is 0 Å². The van der Waals surface area contributed by atoms with Crippen LogP contribution in [0.3, 0.4) is 0 Å². The lowest BCUT2D eigenvalue weighted by atomic mass is 10.1. The van der Waals surface area contributed by atoms with Crippen molar-refractivity contribution in [3.63, 3.8) is 0 Å². The Hall–Kier alpha value is -1.60. The van der Waals surface area contributed by atoms with Crippen molar-refractivity contribution in [2.24, 2.45) is 5.41 Å². The molecule has 2 heterocycles. The number of aryl methyl sites for hydroxylation is 1. The van der Waals surface area contributed by atoms with Gasteiger partial charge in [-0.2, -0.15) is 5.26 Å². The fourth-order valence-corrected chi connectivity index (χ4v) is 2.77. The van der Waals surface area contributed by atoms with Crippen molar-refractivity contribution < 1.29 is 4.42 Å². The van der Waals surface area contributed by atoms with Gasteiger partial charge in [0.1, 0.15) is 11.5 Å². The van der Waals surface area contributed by atoms with Gasteiger partial charge in [0, 0.05) is 11.8 Å². The molecular formula is C13H12N2OS. The Morgan fingerprint density at radius 2 is 2.35 bits per heavy atom. The second-order valence-electron chi connectivity index (χ2n) is 4.61. The van der Waals surface area contributed by atoms with Crippen molar-refractivity contribution in [1.29, 1.82) is 5.26 Å². The van der Waals surface area contributed by atoms with Crippen molar-refractivity contribution in [2.45, 2.75) is 26.2 Å². The lowest BCUT2D eigenvalue weighted by molar-refractivity contribution is 0.546. The van der Waals surface area contributed by atoms with Crippen molar-refractivity contribution in [3.8, 4) is 17.5 Å². The summed E-state index contributed by atoms with van der Waals surface area (Å²) in [6.07, 6.45) is 2.81. The van der Waals surface area contributed by atoms with Gasteiger partial charge in [0.15, 0.2) is 5.76 Å². The molecule has 2 aromatic heterocycles. The van der Waals surface area contributed by atoms with Gasteiger partial charge in [-0.05, 0) is 31.9 Å². The minimum Gasteiger partial charge on any atom is -0.460 e. The third-order valence-electron chi connectivity index (χ3n) is 3.12. The molecule has 0 amide bonds. The highest BCUT2D eigenvalue weighted by atomic mass is 32.1. The topological polar surface area (TPSA) is 49.8 Å². The molecule has 0 saturated heterocycles. The minimum absolute atomic E-state index is 0.117. The lowest BCUT2D eigenvalue weighted by Gasteiger charge is -1.99. The minimum atomic E-state index is -0.117. The monoisotopic (exact) mass is 244 g/mol. The Morgan fingerprint density at radius 3 is 2.94 bits per heavy atom. The molecule has 0 atom stereocenters. The number of hydrogen-bond donors (Lipinski definition) is 0. The molecule has 2 aromatic rings. The van der Waals surface area contributed by atoms with Crippen molar-refractivity contribution in [3.05, 3.63) is 28.3 Å². The summed E-state index contributed by atoms with van der Waals surface area (Å²) < 4.78 is 5.53. The predicted molar refractivity (Wildman–Crippen MR) is 65.5 cm³/mol. The van der Waals surface area contributed by atoms with Crippen LogP contribution in [-0.2, 0) is 6.42 Å². The summed E-state index contributed by atoms with van der Waals surface area (Å²) in [4.78, 5) is 4.54. The van der Waals surface area contributed by atoms with E-state index in [1.54, 1.807) is 11.3 Å². The van der Waals surface area contributed by atoms with Crippen LogP contribution in [0.4, 0.5) is 0 Å². The molecule has 0 radical (unpaired) electrons. The fourth-order valence-electron chi connectivity index (χ4n) is 1.85. The van der Waals surface area contributed by atoms with E-state index in [2.05, 4.69) is 11.1 Å². The number of furan rings is 1. The molecule has 86 valence electrons. The number of thiazole rings is 1. The Balaban J connectivity index is 1.81. The molecule has 1 aliphatic carbocycles. The van der Waals surface area contributed by atoms with Gasteiger partial charge in [-0.25, -0.2) is 4.98 Å². The van der Waals surface area contributed by atoms with E-state index in [4.69, 9.17) is 9.68 Å². The molecule has 0 unspecified atom stereocenters. The van der Waals surface area contributed by atoms with Crippen LogP contribution in [0.25, 0.3) is 11.5 Å². The van der Waals surface area contributed by atoms with E-state index < -0.39 is 0 Å². The van der Waals surface area contributed by atoms with Gasteiger partial charge in [-0.15, -0.1) is 11.3 Å². The zero-order valence-corrected chi connectivity index (χ0v) is 10.4. The van der Waals surface area contributed by atoms with E-state index in [1.165, 1.54) is 0 Å². The normalized spacial score (nSPS) is 16.7. The Morgan fingerprint density at radius 1 is 1.53 bits per heavy atom. The zero-order chi connectivity index (χ0) is 11.9. The molecule has 3 rings (SSSR count). The van der Waals surface area contributed by atoms with E-state index in [0.717, 1.165) is 41.5 Å². The molecule has 3 nitrogen and oxygen atoms in total. The van der Waals surface area contributed by atoms with Crippen molar-refractivity contribution >= 4 is 11.3 Å². The Labute approximate surface area is 104 Å². The van der Waals surface area contributed by atoms with Gasteiger partial charge in [0.2, 0.25) is 0 Å². The quantitative estimate of drug-likeness (QED) is 0.829. The molecule has 0 aliphatic heterocycles. The highest BCUT2D eigenvalue weighted by molar-refractivity contribution is 7.09. The van der Waals surface area contributed by atoms with Gasteiger partial charge >= 0.3 is 0 Å². The van der Waals surface area contributed by atoms with Crippen LogP contribution < -0.4 is 0 Å². The number of rotatable bonds is 3. The first-order valence-electron chi connectivity index (χ1n) is 5.63. The summed E-state index contributed by atoms with van der Waals surface area (Å²) in [5.41, 5.74) is 0.764. The Kier molecular flexibility index (Phi) is 2.30. The third kappa shape index (κ3) is 1.98. The maximum Gasteiger partial charge on any atom is 0.153 e. The average Bonchev–Trinajstić information content (AvgIpc) is 2.73. The molecule has 1 aliphatic rings. The lowest BCUT2D eigenvalue weighted by Crippen LogP contribution is -2.00. The number of aromatic nitrogens is 1. The van der Waals surface area contributed by atoms with Crippen LogP contribution in [0, 0.1) is 23.7 Å². The maximum atomic E-state index is 9.05. The molecule has 0 spiro atoms. The summed E-state index contributed by atoms with van der Waals surface area (Å²) in [6.45, 7) is 1.92. The predicted octanol–water partition coefficient (Wildman–Crippen LogP) is 3.56. The van der Waals surface area contributed by atoms with Crippen LogP contribution >= 0.6 is 11.3 Å².